The van der Waals surface area contributed by atoms with Crippen LogP contribution >= 0.6 is 11.8 Å². The molecule has 2 aliphatic heterocycles. The maximum Gasteiger partial charge on any atom is 0.348 e. The Bertz CT molecular complexity index is 814. The summed E-state index contributed by atoms with van der Waals surface area (Å²) in [5, 5.41) is 71.1. The van der Waals surface area contributed by atoms with Gasteiger partial charge in [0.2, 0.25) is 19.9 Å². The quantitative estimate of drug-likeness (QED) is 0.186. The SMILES string of the molecule is NS(=O)(=O)C1CSC2=C(C(NC(O)(O)C(O)(O)O)CC(O)S2(=O)=O)C1O. The van der Waals surface area contributed by atoms with Gasteiger partial charge in [0, 0.05) is 23.8 Å². The zero-order valence-corrected chi connectivity index (χ0v) is 15.2. The van der Waals surface area contributed by atoms with Gasteiger partial charge in [0.25, 0.3) is 0 Å². The molecular weight excluding hydrogens is 420 g/mol. The third-order valence-electron chi connectivity index (χ3n) is 3.98. The summed E-state index contributed by atoms with van der Waals surface area (Å²) in [4.78, 5) is 0. The molecular formula is C10H18N2O11S3. The molecule has 152 valence electrons. The molecule has 0 radical (unpaired) electrons. The number of thioether (sulfide) groups is 1. The number of rotatable bonds is 4. The van der Waals surface area contributed by atoms with E-state index in [1.165, 1.54) is 0 Å². The van der Waals surface area contributed by atoms with Crippen molar-refractivity contribution in [2.24, 2.45) is 5.14 Å². The molecule has 0 saturated heterocycles. The molecule has 0 aromatic rings. The Balaban J connectivity index is 2.57. The van der Waals surface area contributed by atoms with E-state index < -0.39 is 76.6 Å². The lowest BCUT2D eigenvalue weighted by molar-refractivity contribution is -0.457. The van der Waals surface area contributed by atoms with Gasteiger partial charge in [-0.05, 0) is 0 Å². The van der Waals surface area contributed by atoms with E-state index in [1.54, 1.807) is 5.32 Å². The van der Waals surface area contributed by atoms with E-state index in [0.717, 1.165) is 0 Å². The Labute approximate surface area is 151 Å². The van der Waals surface area contributed by atoms with Gasteiger partial charge < -0.3 is 35.7 Å². The van der Waals surface area contributed by atoms with Crippen molar-refractivity contribution >= 4 is 31.6 Å². The number of nitrogens with two attached hydrogens (primary N) is 1. The van der Waals surface area contributed by atoms with Crippen molar-refractivity contribution in [3.05, 3.63) is 9.81 Å². The largest absolute Gasteiger partial charge is 0.387 e. The predicted molar refractivity (Wildman–Crippen MR) is 85.4 cm³/mol. The van der Waals surface area contributed by atoms with E-state index in [1.807, 2.05) is 0 Å². The normalized spacial score (nSPS) is 33.1. The van der Waals surface area contributed by atoms with E-state index >= 15 is 0 Å². The highest BCUT2D eigenvalue weighted by molar-refractivity contribution is 8.19. The number of aliphatic hydroxyl groups excluding tert-OH is 2. The Morgan fingerprint density at radius 1 is 1.15 bits per heavy atom. The van der Waals surface area contributed by atoms with Crippen LogP contribution in [0.5, 0.6) is 0 Å². The molecule has 0 spiro atoms. The number of aliphatic hydroxyl groups is 7. The molecule has 0 aromatic heterocycles. The smallest absolute Gasteiger partial charge is 0.348 e. The molecule has 4 atom stereocenters. The number of sulfone groups is 1. The summed E-state index contributed by atoms with van der Waals surface area (Å²) in [5.74, 6) is -8.39. The molecule has 0 amide bonds. The van der Waals surface area contributed by atoms with E-state index in [0.29, 0.717) is 11.8 Å². The van der Waals surface area contributed by atoms with E-state index in [-0.39, 0.29) is 0 Å². The van der Waals surface area contributed by atoms with Crippen LogP contribution in [0, 0.1) is 0 Å². The lowest BCUT2D eigenvalue weighted by Crippen LogP contribution is -2.67. The first-order valence-corrected chi connectivity index (χ1v) is 11.0. The van der Waals surface area contributed by atoms with Gasteiger partial charge in [-0.3, -0.25) is 5.32 Å². The van der Waals surface area contributed by atoms with Crippen molar-refractivity contribution in [1.29, 1.82) is 0 Å². The van der Waals surface area contributed by atoms with Crippen LogP contribution in [0.4, 0.5) is 0 Å². The van der Waals surface area contributed by atoms with Gasteiger partial charge in [-0.2, -0.15) is 0 Å². The van der Waals surface area contributed by atoms with Crippen LogP contribution in [0.1, 0.15) is 6.42 Å². The molecule has 4 unspecified atom stereocenters. The predicted octanol–water partition coefficient (Wildman–Crippen LogP) is -5.67. The maximum atomic E-state index is 12.2. The molecule has 2 aliphatic rings. The topological polar surface area (TPSA) is 248 Å². The van der Waals surface area contributed by atoms with E-state index in [9.17, 15) is 37.3 Å². The number of hydrogen-bond donors (Lipinski definition) is 9. The highest BCUT2D eigenvalue weighted by atomic mass is 32.3. The van der Waals surface area contributed by atoms with Crippen molar-refractivity contribution in [2.75, 3.05) is 5.75 Å². The monoisotopic (exact) mass is 438 g/mol. The summed E-state index contributed by atoms with van der Waals surface area (Å²) >= 11 is 0.456. The number of nitrogens with one attached hydrogen (secondary N) is 1. The summed E-state index contributed by atoms with van der Waals surface area (Å²) in [7, 11) is -8.71. The van der Waals surface area contributed by atoms with Crippen LogP contribution in [0.3, 0.4) is 0 Å². The average molecular weight is 438 g/mol. The van der Waals surface area contributed by atoms with Crippen molar-refractivity contribution in [3.63, 3.8) is 0 Å². The molecule has 0 saturated carbocycles. The number of hydrogen-bond acceptors (Lipinski definition) is 13. The maximum absolute atomic E-state index is 12.2. The Kier molecular flexibility index (Phi) is 5.57. The van der Waals surface area contributed by atoms with E-state index in [2.05, 4.69) is 0 Å². The van der Waals surface area contributed by atoms with Crippen molar-refractivity contribution < 1.29 is 52.6 Å². The number of primary sulfonamides is 1. The van der Waals surface area contributed by atoms with Gasteiger partial charge in [-0.1, -0.05) is 0 Å². The minimum Gasteiger partial charge on any atom is -0.387 e. The van der Waals surface area contributed by atoms with Crippen molar-refractivity contribution in [1.82, 2.24) is 5.32 Å². The van der Waals surface area contributed by atoms with Crippen LogP contribution < -0.4 is 10.5 Å². The Morgan fingerprint density at radius 2 is 1.69 bits per heavy atom. The fraction of sp³-hybridized carbons (Fsp3) is 0.800. The average Bonchev–Trinajstić information content (AvgIpc) is 2.41. The summed E-state index contributed by atoms with van der Waals surface area (Å²) < 4.78 is 47.0. The fourth-order valence-electron chi connectivity index (χ4n) is 2.58. The van der Waals surface area contributed by atoms with Gasteiger partial charge in [0.15, 0.2) is 5.44 Å². The van der Waals surface area contributed by atoms with Crippen LogP contribution in [0.15, 0.2) is 9.81 Å². The molecule has 0 aliphatic carbocycles. The first kappa shape index (κ1) is 21.9. The molecule has 26 heavy (non-hydrogen) atoms. The summed E-state index contributed by atoms with van der Waals surface area (Å²) in [5.41, 5.74) is -2.65. The van der Waals surface area contributed by atoms with Crippen LogP contribution in [-0.2, 0) is 19.9 Å². The second-order valence-corrected chi connectivity index (χ2v) is 11.0. The molecule has 0 fully saturated rings. The summed E-state index contributed by atoms with van der Waals surface area (Å²) in [6, 6.07) is -1.67. The fourth-order valence-corrected chi connectivity index (χ4v) is 7.45. The molecule has 13 nitrogen and oxygen atoms in total. The Hall–Kier alpha value is -0.370. The lowest BCUT2D eigenvalue weighted by Gasteiger charge is -2.42. The summed E-state index contributed by atoms with van der Waals surface area (Å²) in [6.45, 7) is 0. The molecule has 16 heteroatoms. The zero-order valence-electron chi connectivity index (χ0n) is 12.8. The van der Waals surface area contributed by atoms with Crippen LogP contribution in [0.2, 0.25) is 0 Å². The molecule has 0 bridgehead atoms. The minimum atomic E-state index is -4.38. The van der Waals surface area contributed by atoms with E-state index in [4.69, 9.17) is 20.5 Å². The van der Waals surface area contributed by atoms with Crippen LogP contribution in [0.25, 0.3) is 0 Å². The second kappa shape index (κ2) is 6.61. The third kappa shape index (κ3) is 3.77. The summed E-state index contributed by atoms with van der Waals surface area (Å²) in [6.07, 6.45) is -2.84. The van der Waals surface area contributed by atoms with Gasteiger partial charge in [0.1, 0.15) is 9.49 Å². The first-order chi connectivity index (χ1) is 11.5. The number of sulfonamides is 1. The molecule has 10 N–H and O–H groups in total. The third-order valence-corrected chi connectivity index (χ3v) is 9.19. The van der Waals surface area contributed by atoms with Crippen molar-refractivity contribution in [3.8, 4) is 0 Å². The highest BCUT2D eigenvalue weighted by Gasteiger charge is 2.54. The van der Waals surface area contributed by atoms with Gasteiger partial charge >= 0.3 is 11.9 Å². The molecule has 2 rings (SSSR count). The first-order valence-electron chi connectivity index (χ1n) is 6.88. The van der Waals surface area contributed by atoms with Gasteiger partial charge in [-0.15, -0.1) is 11.8 Å². The molecule has 0 aromatic carbocycles. The Morgan fingerprint density at radius 3 is 2.15 bits per heavy atom. The van der Waals surface area contributed by atoms with Crippen LogP contribution in [-0.4, -0.2) is 93.1 Å². The highest BCUT2D eigenvalue weighted by Crippen LogP contribution is 2.43. The standard InChI is InChI=1S/C10H18N2O11S3/c11-26(22,23)4-2-24-8-6(7(4)14)3(1-5(13)25(8,20)21)12-9(15,16)10(17,18)19/h3-5,7,12-19H,1-2H2,(H2,11,22,23). The van der Waals surface area contributed by atoms with Crippen molar-refractivity contribution in [2.45, 2.75) is 41.1 Å². The van der Waals surface area contributed by atoms with Gasteiger partial charge in [0.05, 0.1) is 6.10 Å². The molecule has 2 heterocycles. The van der Waals surface area contributed by atoms with Gasteiger partial charge in [-0.25, -0.2) is 22.0 Å². The lowest BCUT2D eigenvalue weighted by atomic mass is 9.97. The minimum absolute atomic E-state index is 0.454. The second-order valence-electron chi connectivity index (χ2n) is 5.87. The zero-order chi connectivity index (χ0) is 20.3.